The first-order valence-electron chi connectivity index (χ1n) is 9.21. The third kappa shape index (κ3) is 3.43. The summed E-state index contributed by atoms with van der Waals surface area (Å²) in [5.74, 6) is -1.95. The molecule has 9 heteroatoms. The van der Waals surface area contributed by atoms with Crippen molar-refractivity contribution < 1.29 is 27.5 Å². The maximum Gasteiger partial charge on any atom is 0.298 e. The van der Waals surface area contributed by atoms with Gasteiger partial charge in [-0.1, -0.05) is 0 Å². The van der Waals surface area contributed by atoms with Crippen molar-refractivity contribution in [3.8, 4) is 11.5 Å². The summed E-state index contributed by atoms with van der Waals surface area (Å²) in [6.45, 7) is 0.193. The van der Waals surface area contributed by atoms with Gasteiger partial charge in [0.25, 0.3) is 17.8 Å². The number of benzene rings is 2. The molecule has 0 saturated carbocycles. The number of fused-ring (bicyclic) bond motifs is 2. The molecule has 29 heavy (non-hydrogen) atoms. The Hall–Kier alpha value is -3.36. The number of alkyl halides is 2. The van der Waals surface area contributed by atoms with Crippen LogP contribution in [0.5, 0.6) is 11.5 Å². The smallest absolute Gasteiger partial charge is 0.298 e. The fourth-order valence-corrected chi connectivity index (χ4v) is 3.50. The molecule has 150 valence electrons. The fraction of sp³-hybridized carbons (Fsp3) is 0.300. The first kappa shape index (κ1) is 17.7. The average Bonchev–Trinajstić information content (AvgIpc) is 3.33. The van der Waals surface area contributed by atoms with E-state index in [1.54, 1.807) is 36.4 Å². The molecule has 0 unspecified atom stereocenters. The van der Waals surface area contributed by atoms with Crippen molar-refractivity contribution >= 4 is 28.7 Å². The van der Waals surface area contributed by atoms with Gasteiger partial charge < -0.3 is 24.1 Å². The van der Waals surface area contributed by atoms with Crippen molar-refractivity contribution in [3.63, 3.8) is 0 Å². The van der Waals surface area contributed by atoms with Crippen molar-refractivity contribution in [2.75, 3.05) is 30.1 Å². The van der Waals surface area contributed by atoms with E-state index in [1.165, 1.54) is 4.90 Å². The lowest BCUT2D eigenvalue weighted by Crippen LogP contribution is -2.42. The Morgan fingerprint density at radius 2 is 2.00 bits per heavy atom. The molecular weight excluding hydrogens is 384 g/mol. The van der Waals surface area contributed by atoms with Gasteiger partial charge in [-0.25, -0.2) is 8.78 Å². The summed E-state index contributed by atoms with van der Waals surface area (Å²) in [4.78, 5) is 18.3. The van der Waals surface area contributed by atoms with Crippen LogP contribution in [0.15, 0.2) is 40.8 Å². The third-order valence-corrected chi connectivity index (χ3v) is 4.93. The number of aromatic nitrogens is 1. The number of anilines is 2. The molecule has 1 amide bonds. The molecule has 0 bridgehead atoms. The van der Waals surface area contributed by atoms with Gasteiger partial charge in [0.1, 0.15) is 5.52 Å². The second-order valence-corrected chi connectivity index (χ2v) is 7.08. The fourth-order valence-electron chi connectivity index (χ4n) is 3.50. The quantitative estimate of drug-likeness (QED) is 0.714. The second kappa shape index (κ2) is 6.61. The van der Waals surface area contributed by atoms with Crippen LogP contribution in [-0.4, -0.2) is 36.7 Å². The van der Waals surface area contributed by atoms with Crippen molar-refractivity contribution in [1.29, 1.82) is 0 Å². The van der Waals surface area contributed by atoms with E-state index >= 15 is 0 Å². The Morgan fingerprint density at radius 3 is 2.86 bits per heavy atom. The van der Waals surface area contributed by atoms with Crippen LogP contribution in [-0.2, 0) is 0 Å². The van der Waals surface area contributed by atoms with Gasteiger partial charge in [0.15, 0.2) is 17.1 Å². The van der Waals surface area contributed by atoms with Crippen LogP contribution in [0.3, 0.4) is 0 Å². The molecule has 3 heterocycles. The number of amides is 1. The number of halogens is 2. The van der Waals surface area contributed by atoms with E-state index in [2.05, 4.69) is 10.3 Å². The van der Waals surface area contributed by atoms with E-state index < -0.39 is 12.5 Å². The number of carbonyl (C=O) groups excluding carboxylic acids is 1. The number of ether oxygens (including phenoxy) is 2. The second-order valence-electron chi connectivity index (χ2n) is 7.08. The summed E-state index contributed by atoms with van der Waals surface area (Å²) >= 11 is 0. The zero-order valence-electron chi connectivity index (χ0n) is 15.3. The number of nitrogens with one attached hydrogen (secondary N) is 1. The Bertz CT molecular complexity index is 1100. The number of hydrogen-bond donors (Lipinski definition) is 1. The summed E-state index contributed by atoms with van der Waals surface area (Å²) < 4.78 is 43.5. The molecule has 1 N–H and O–H groups in total. The van der Waals surface area contributed by atoms with E-state index in [9.17, 15) is 13.6 Å². The van der Waals surface area contributed by atoms with E-state index in [4.69, 9.17) is 13.9 Å². The highest BCUT2D eigenvalue weighted by molar-refractivity contribution is 6.05. The van der Waals surface area contributed by atoms with Gasteiger partial charge in [0, 0.05) is 24.2 Å². The van der Waals surface area contributed by atoms with Crippen LogP contribution >= 0.6 is 0 Å². The van der Waals surface area contributed by atoms with Crippen molar-refractivity contribution in [1.82, 2.24) is 4.98 Å². The first-order chi connectivity index (χ1) is 14.0. The molecule has 5 rings (SSSR count). The molecule has 1 saturated heterocycles. The van der Waals surface area contributed by atoms with E-state index in [-0.39, 0.29) is 25.1 Å². The van der Waals surface area contributed by atoms with E-state index in [0.717, 1.165) is 0 Å². The lowest BCUT2D eigenvalue weighted by Gasteiger charge is -2.31. The van der Waals surface area contributed by atoms with Crippen LogP contribution in [0.2, 0.25) is 0 Å². The average molecular weight is 401 g/mol. The van der Waals surface area contributed by atoms with Gasteiger partial charge in [-0.05, 0) is 42.8 Å². The lowest BCUT2D eigenvalue weighted by molar-refractivity contribution is -0.0127. The molecule has 0 radical (unpaired) electrons. The maximum atomic E-state index is 13.7. The zero-order valence-corrected chi connectivity index (χ0v) is 15.3. The summed E-state index contributed by atoms with van der Waals surface area (Å²) in [6, 6.07) is 10.1. The first-order valence-corrected chi connectivity index (χ1v) is 9.21. The summed E-state index contributed by atoms with van der Waals surface area (Å²) in [5, 5.41) is 2.79. The lowest BCUT2D eigenvalue weighted by atomic mass is 10.1. The molecule has 0 aliphatic carbocycles. The molecule has 3 aromatic rings. The molecule has 2 aromatic carbocycles. The standard InChI is InChI=1S/C20H17F2N3O4/c21-20(22)6-1-7-25(10-20)19-24-14-9-13(3-5-15(14)29-19)23-18(26)12-2-4-16-17(8-12)28-11-27-16/h2-5,8-9H,1,6-7,10-11H2,(H,23,26). The molecule has 0 atom stereocenters. The highest BCUT2D eigenvalue weighted by atomic mass is 19.3. The number of carbonyl (C=O) groups is 1. The van der Waals surface area contributed by atoms with Crippen molar-refractivity contribution in [3.05, 3.63) is 42.0 Å². The number of nitrogens with zero attached hydrogens (tertiary/aromatic N) is 2. The molecular formula is C20H17F2N3O4. The Balaban J connectivity index is 1.35. The molecule has 0 spiro atoms. The van der Waals surface area contributed by atoms with Crippen molar-refractivity contribution in [2.45, 2.75) is 18.8 Å². The van der Waals surface area contributed by atoms with Gasteiger partial charge >= 0.3 is 0 Å². The van der Waals surface area contributed by atoms with Crippen LogP contribution in [0.1, 0.15) is 23.2 Å². The van der Waals surface area contributed by atoms with Gasteiger partial charge in [-0.3, -0.25) is 4.79 Å². The van der Waals surface area contributed by atoms with Crippen LogP contribution in [0, 0.1) is 0 Å². The summed E-state index contributed by atoms with van der Waals surface area (Å²) in [5.41, 5.74) is 1.89. The minimum Gasteiger partial charge on any atom is -0.454 e. The van der Waals surface area contributed by atoms with Gasteiger partial charge in [-0.2, -0.15) is 4.98 Å². The van der Waals surface area contributed by atoms with E-state index in [0.29, 0.717) is 46.8 Å². The Labute approximate surface area is 164 Å². The van der Waals surface area contributed by atoms with Crippen molar-refractivity contribution in [2.24, 2.45) is 0 Å². The normalized spacial score (nSPS) is 17.5. The Kier molecular flexibility index (Phi) is 4.04. The number of hydrogen-bond acceptors (Lipinski definition) is 6. The third-order valence-electron chi connectivity index (χ3n) is 4.93. The van der Waals surface area contributed by atoms with E-state index in [1.807, 2.05) is 0 Å². The molecule has 2 aliphatic rings. The molecule has 1 aromatic heterocycles. The number of rotatable bonds is 3. The SMILES string of the molecule is O=C(Nc1ccc2oc(N3CCCC(F)(F)C3)nc2c1)c1ccc2c(c1)OCO2. The number of piperidine rings is 1. The summed E-state index contributed by atoms with van der Waals surface area (Å²) in [7, 11) is 0. The van der Waals surface area contributed by atoms with Crippen LogP contribution < -0.4 is 19.7 Å². The predicted octanol–water partition coefficient (Wildman–Crippen LogP) is 4.04. The molecule has 1 fully saturated rings. The molecule has 2 aliphatic heterocycles. The highest BCUT2D eigenvalue weighted by Crippen LogP contribution is 2.34. The van der Waals surface area contributed by atoms with Gasteiger partial charge in [-0.15, -0.1) is 0 Å². The largest absolute Gasteiger partial charge is 0.454 e. The highest BCUT2D eigenvalue weighted by Gasteiger charge is 2.36. The van der Waals surface area contributed by atoms with Gasteiger partial charge in [0.2, 0.25) is 6.79 Å². The predicted molar refractivity (Wildman–Crippen MR) is 101 cm³/mol. The Morgan fingerprint density at radius 1 is 1.14 bits per heavy atom. The molecule has 7 nitrogen and oxygen atoms in total. The summed E-state index contributed by atoms with van der Waals surface area (Å²) in [6.07, 6.45) is 0.252. The van der Waals surface area contributed by atoms with Crippen LogP contribution in [0.25, 0.3) is 11.1 Å². The monoisotopic (exact) mass is 401 g/mol. The minimum absolute atomic E-state index is 0.125. The van der Waals surface area contributed by atoms with Gasteiger partial charge in [0.05, 0.1) is 6.54 Å². The number of oxazole rings is 1. The zero-order chi connectivity index (χ0) is 20.0. The van der Waals surface area contributed by atoms with Crippen LogP contribution in [0.4, 0.5) is 20.5 Å². The maximum absolute atomic E-state index is 13.7. The minimum atomic E-state index is -2.75. The topological polar surface area (TPSA) is 76.8 Å².